The molecule has 1 fully saturated rings. The van der Waals surface area contributed by atoms with Crippen LogP contribution in [0.25, 0.3) is 22.3 Å². The average molecular weight is 415 g/mol. The van der Waals surface area contributed by atoms with Crippen LogP contribution in [0.4, 0.5) is 0 Å². The Labute approximate surface area is 180 Å². The van der Waals surface area contributed by atoms with Gasteiger partial charge >= 0.3 is 0 Å². The van der Waals surface area contributed by atoms with Gasteiger partial charge in [0, 0.05) is 48.7 Å². The molecule has 0 radical (unpaired) electrons. The molecule has 158 valence electrons. The van der Waals surface area contributed by atoms with Crippen LogP contribution in [0, 0.1) is 0 Å². The lowest BCUT2D eigenvalue weighted by Crippen LogP contribution is -2.37. The number of rotatable bonds is 4. The lowest BCUT2D eigenvalue weighted by atomic mass is 9.92. The van der Waals surface area contributed by atoms with E-state index in [9.17, 15) is 4.79 Å². The number of nitrogens with zero attached hydrogens (tertiary/aromatic N) is 5. The number of fused-ring (bicyclic) bond motifs is 1. The van der Waals surface area contributed by atoms with E-state index < -0.39 is 0 Å². The van der Waals surface area contributed by atoms with Gasteiger partial charge in [0.1, 0.15) is 11.8 Å². The van der Waals surface area contributed by atoms with Crippen LogP contribution in [-0.4, -0.2) is 43.4 Å². The molecule has 0 aromatic carbocycles. The zero-order valence-electron chi connectivity index (χ0n) is 17.7. The minimum absolute atomic E-state index is 0.0320. The average Bonchev–Trinajstić information content (AvgIpc) is 3.49. The highest BCUT2D eigenvalue weighted by atomic mass is 16.3. The Morgan fingerprint density at radius 3 is 2.74 bits per heavy atom. The van der Waals surface area contributed by atoms with Crippen molar-refractivity contribution in [3.63, 3.8) is 0 Å². The van der Waals surface area contributed by atoms with Crippen molar-refractivity contribution in [2.45, 2.75) is 38.6 Å². The number of pyridine rings is 2. The number of carbonyl (C=O) groups excluding carboxylic acids is 1. The van der Waals surface area contributed by atoms with E-state index >= 15 is 0 Å². The lowest BCUT2D eigenvalue weighted by Gasteiger charge is -2.31. The molecule has 1 aliphatic heterocycles. The Hall–Kier alpha value is -3.48. The molecule has 7 heteroatoms. The predicted molar refractivity (Wildman–Crippen MR) is 118 cm³/mol. The topological polar surface area (TPSA) is 77.1 Å². The molecule has 0 atom stereocenters. The first-order valence-corrected chi connectivity index (χ1v) is 10.7. The van der Waals surface area contributed by atoms with Gasteiger partial charge in [-0.3, -0.25) is 14.8 Å². The molecule has 5 heterocycles. The molecule has 0 unspecified atom stereocenters. The second kappa shape index (κ2) is 7.98. The van der Waals surface area contributed by atoms with Gasteiger partial charge in [-0.25, -0.2) is 4.98 Å². The maximum Gasteiger partial charge on any atom is 0.257 e. The Morgan fingerprint density at radius 2 is 2.06 bits per heavy atom. The SMILES string of the molecule is CC(C)n1cnc2c(-c3cccnc3)nc(C3CCN(C(=O)c4ccoc4)CC3)cc21. The molecule has 0 saturated carbocycles. The summed E-state index contributed by atoms with van der Waals surface area (Å²) in [6, 6.07) is 8.16. The van der Waals surface area contributed by atoms with Crippen LogP contribution >= 0.6 is 0 Å². The fourth-order valence-electron chi connectivity index (χ4n) is 4.32. The molecule has 31 heavy (non-hydrogen) atoms. The van der Waals surface area contributed by atoms with Crippen molar-refractivity contribution in [3.05, 3.63) is 66.8 Å². The summed E-state index contributed by atoms with van der Waals surface area (Å²) in [6.07, 6.45) is 10.3. The molecule has 0 bridgehead atoms. The van der Waals surface area contributed by atoms with Crippen molar-refractivity contribution >= 4 is 16.9 Å². The van der Waals surface area contributed by atoms with Gasteiger partial charge in [0.2, 0.25) is 0 Å². The van der Waals surface area contributed by atoms with Crippen LogP contribution in [0.2, 0.25) is 0 Å². The number of imidazole rings is 1. The summed E-state index contributed by atoms with van der Waals surface area (Å²) >= 11 is 0. The molecule has 1 aliphatic rings. The first-order chi connectivity index (χ1) is 15.1. The number of hydrogen-bond acceptors (Lipinski definition) is 5. The maximum absolute atomic E-state index is 12.6. The minimum Gasteiger partial charge on any atom is -0.472 e. The molecule has 0 N–H and O–H groups in total. The third kappa shape index (κ3) is 3.60. The van der Waals surface area contributed by atoms with Gasteiger partial charge in [-0.15, -0.1) is 0 Å². The van der Waals surface area contributed by atoms with Gasteiger partial charge < -0.3 is 13.9 Å². The lowest BCUT2D eigenvalue weighted by molar-refractivity contribution is 0.0711. The van der Waals surface area contributed by atoms with Crippen LogP contribution in [0.15, 0.2) is 59.9 Å². The van der Waals surface area contributed by atoms with E-state index in [4.69, 9.17) is 9.40 Å². The van der Waals surface area contributed by atoms with Crippen molar-refractivity contribution in [2.75, 3.05) is 13.1 Å². The summed E-state index contributed by atoms with van der Waals surface area (Å²) < 4.78 is 7.26. The number of amides is 1. The molecule has 1 saturated heterocycles. The fourth-order valence-corrected chi connectivity index (χ4v) is 4.32. The molecule has 1 amide bonds. The van der Waals surface area contributed by atoms with Gasteiger partial charge in [-0.05, 0) is 51.0 Å². The number of likely N-dealkylation sites (tertiary alicyclic amines) is 1. The van der Waals surface area contributed by atoms with E-state index in [1.54, 1.807) is 12.3 Å². The molecule has 0 aliphatic carbocycles. The van der Waals surface area contributed by atoms with Crippen LogP contribution in [0.1, 0.15) is 54.7 Å². The van der Waals surface area contributed by atoms with Crippen LogP contribution < -0.4 is 0 Å². The van der Waals surface area contributed by atoms with E-state index in [1.807, 2.05) is 29.6 Å². The number of hydrogen-bond donors (Lipinski definition) is 0. The zero-order valence-corrected chi connectivity index (χ0v) is 17.7. The molecular weight excluding hydrogens is 390 g/mol. The number of furan rings is 1. The van der Waals surface area contributed by atoms with Crippen LogP contribution in [0.5, 0.6) is 0 Å². The first kappa shape index (κ1) is 19.5. The van der Waals surface area contributed by atoms with Crippen LogP contribution in [-0.2, 0) is 0 Å². The monoisotopic (exact) mass is 415 g/mol. The third-order valence-corrected chi connectivity index (χ3v) is 6.04. The summed E-state index contributed by atoms with van der Waals surface area (Å²) in [5.41, 5.74) is 5.50. The molecular formula is C24H25N5O2. The quantitative estimate of drug-likeness (QED) is 0.483. The summed E-state index contributed by atoms with van der Waals surface area (Å²) in [6.45, 7) is 5.73. The normalized spacial score (nSPS) is 15.1. The summed E-state index contributed by atoms with van der Waals surface area (Å²) in [5, 5.41) is 0. The Bertz CT molecular complexity index is 1190. The van der Waals surface area contributed by atoms with Gasteiger partial charge in [0.05, 0.1) is 29.4 Å². The molecule has 0 spiro atoms. The minimum atomic E-state index is 0.0320. The van der Waals surface area contributed by atoms with Crippen LogP contribution in [0.3, 0.4) is 0 Å². The van der Waals surface area contributed by atoms with Crippen molar-refractivity contribution < 1.29 is 9.21 Å². The molecule has 4 aromatic rings. The second-order valence-electron chi connectivity index (χ2n) is 8.33. The number of carbonyl (C=O) groups is 1. The standard InChI is InChI=1S/C24H25N5O2/c1-16(2)29-15-26-23-21(29)12-20(27-22(23)18-4-3-8-25-13-18)17-5-9-28(10-6-17)24(30)19-7-11-31-14-19/h3-4,7-8,11-17H,5-6,9-10H2,1-2H3. The summed E-state index contributed by atoms with van der Waals surface area (Å²) in [4.78, 5) is 28.5. The smallest absolute Gasteiger partial charge is 0.257 e. The zero-order chi connectivity index (χ0) is 21.4. The van der Waals surface area contributed by atoms with E-state index in [2.05, 4.69) is 34.4 Å². The predicted octanol–water partition coefficient (Wildman–Crippen LogP) is 4.69. The van der Waals surface area contributed by atoms with Gasteiger partial charge in [-0.2, -0.15) is 0 Å². The highest BCUT2D eigenvalue weighted by Gasteiger charge is 2.27. The summed E-state index contributed by atoms with van der Waals surface area (Å²) in [7, 11) is 0. The maximum atomic E-state index is 12.6. The van der Waals surface area contributed by atoms with Crippen molar-refractivity contribution in [3.8, 4) is 11.3 Å². The second-order valence-corrected chi connectivity index (χ2v) is 8.33. The highest BCUT2D eigenvalue weighted by Crippen LogP contribution is 2.34. The third-order valence-electron chi connectivity index (χ3n) is 6.04. The molecule has 4 aromatic heterocycles. The Kier molecular flexibility index (Phi) is 5.02. The number of aromatic nitrogens is 4. The highest BCUT2D eigenvalue weighted by molar-refractivity contribution is 5.94. The Morgan fingerprint density at radius 1 is 1.23 bits per heavy atom. The number of piperidine rings is 1. The van der Waals surface area contributed by atoms with E-state index in [1.165, 1.54) is 12.5 Å². The first-order valence-electron chi connectivity index (χ1n) is 10.7. The van der Waals surface area contributed by atoms with Gasteiger partial charge in [0.15, 0.2) is 0 Å². The van der Waals surface area contributed by atoms with E-state index in [0.29, 0.717) is 30.6 Å². The Balaban J connectivity index is 1.47. The molecule has 7 nitrogen and oxygen atoms in total. The van der Waals surface area contributed by atoms with Crippen molar-refractivity contribution in [1.29, 1.82) is 0 Å². The van der Waals surface area contributed by atoms with Gasteiger partial charge in [-0.1, -0.05) is 0 Å². The van der Waals surface area contributed by atoms with E-state index in [0.717, 1.165) is 40.8 Å². The van der Waals surface area contributed by atoms with Gasteiger partial charge in [0.25, 0.3) is 5.91 Å². The van der Waals surface area contributed by atoms with Crippen molar-refractivity contribution in [2.24, 2.45) is 0 Å². The van der Waals surface area contributed by atoms with E-state index in [-0.39, 0.29) is 5.91 Å². The largest absolute Gasteiger partial charge is 0.472 e. The molecule has 5 rings (SSSR count). The summed E-state index contributed by atoms with van der Waals surface area (Å²) in [5.74, 6) is 0.327. The fraction of sp³-hybridized carbons (Fsp3) is 0.333. The van der Waals surface area contributed by atoms with Crippen molar-refractivity contribution in [1.82, 2.24) is 24.4 Å².